The van der Waals surface area contributed by atoms with E-state index in [-0.39, 0.29) is 21.4 Å². The van der Waals surface area contributed by atoms with Crippen LogP contribution in [0.25, 0.3) is 0 Å². The van der Waals surface area contributed by atoms with Crippen molar-refractivity contribution in [1.29, 1.82) is 0 Å². The SMILES string of the molecule is O=C(O)C1=CCCC2C(NC(=O)C(=NOC(c3ccccc3)(c3ccccc3)c3ccccc3)c3nc(NC(c4ccccc4)(c4ccccc4)c4ccccc4)sc3Cl)C(=O)N12. The number of carboxylic acid groups (broad SMARTS) is 1. The normalized spacial score (nSPS) is 16.3. The number of anilines is 1. The van der Waals surface area contributed by atoms with Crippen LogP contribution in [-0.2, 0) is 30.4 Å². The minimum absolute atomic E-state index is 0.0197. The summed E-state index contributed by atoms with van der Waals surface area (Å²) in [6, 6.07) is 57.2. The van der Waals surface area contributed by atoms with Crippen LogP contribution in [-0.4, -0.2) is 50.6 Å². The van der Waals surface area contributed by atoms with E-state index in [2.05, 4.69) is 10.6 Å². The summed E-state index contributed by atoms with van der Waals surface area (Å²) < 4.78 is 0.137. The zero-order valence-corrected chi connectivity index (χ0v) is 35.2. The Labute approximate surface area is 373 Å². The van der Waals surface area contributed by atoms with Gasteiger partial charge in [0.2, 0.25) is 5.60 Å². The highest BCUT2D eigenvalue weighted by Crippen LogP contribution is 2.44. The molecule has 7 aromatic rings. The molecule has 2 atom stereocenters. The van der Waals surface area contributed by atoms with Crippen molar-refractivity contribution in [1.82, 2.24) is 15.2 Å². The fraction of sp³-hybridized carbons (Fsp3) is 0.118. The van der Waals surface area contributed by atoms with Crippen molar-refractivity contribution in [3.63, 3.8) is 0 Å². The van der Waals surface area contributed by atoms with Crippen LogP contribution in [0.3, 0.4) is 0 Å². The smallest absolute Gasteiger partial charge is 0.352 e. The van der Waals surface area contributed by atoms with Gasteiger partial charge in [-0.1, -0.05) is 216 Å². The van der Waals surface area contributed by atoms with Gasteiger partial charge in [0.25, 0.3) is 11.8 Å². The number of hydrogen-bond acceptors (Lipinski definition) is 8. The zero-order valence-electron chi connectivity index (χ0n) is 33.7. The lowest BCUT2D eigenvalue weighted by atomic mass is 9.77. The Hall–Kier alpha value is -7.34. The molecule has 1 saturated heterocycles. The molecule has 1 fully saturated rings. The molecule has 0 saturated carbocycles. The number of nitrogens with zero attached hydrogens (tertiary/aromatic N) is 3. The van der Waals surface area contributed by atoms with Crippen LogP contribution in [0.4, 0.5) is 5.13 Å². The summed E-state index contributed by atoms with van der Waals surface area (Å²) in [5.41, 5.74) is 2.27. The number of carboxylic acids is 1. The monoisotopic (exact) mass is 869 g/mol. The van der Waals surface area contributed by atoms with Gasteiger partial charge in [-0.15, -0.1) is 0 Å². The van der Waals surface area contributed by atoms with Gasteiger partial charge < -0.3 is 20.6 Å². The standard InChI is InChI=1S/C51H40ClN5O5S/c52-45-43(54-49(63-45)55-50(34-20-7-1-8-21-34,35-22-9-2-10-23-35)36-24-11-3-12-25-36)44(46(58)53-42-40-32-19-33-41(48(60)61)57(40)47(42)59)56-62-51(37-26-13-4-14-27-37,38-28-15-5-16-29-38)39-30-17-6-18-31-39/h1-18,20-31,33,40,42H,19,32H2,(H,53,58)(H,54,55)(H,60,61). The molecule has 0 spiro atoms. The molecule has 312 valence electrons. The molecule has 2 aliphatic heterocycles. The number of allylic oxidation sites excluding steroid dienone is 1. The molecule has 1 aromatic heterocycles. The predicted octanol–water partition coefficient (Wildman–Crippen LogP) is 9.37. The van der Waals surface area contributed by atoms with Crippen molar-refractivity contribution in [2.24, 2.45) is 5.16 Å². The number of carbonyl (C=O) groups excluding carboxylic acids is 2. The van der Waals surface area contributed by atoms with Crippen molar-refractivity contribution in [3.05, 3.63) is 237 Å². The minimum Gasteiger partial charge on any atom is -0.477 e. The molecule has 9 rings (SSSR count). The Morgan fingerprint density at radius 1 is 0.698 bits per heavy atom. The number of β-lactam (4-membered cyclic amide) rings is 1. The van der Waals surface area contributed by atoms with E-state index in [1.165, 1.54) is 11.0 Å². The third-order valence-corrected chi connectivity index (χ3v) is 12.7. The van der Waals surface area contributed by atoms with Crippen molar-refractivity contribution in [2.75, 3.05) is 5.32 Å². The lowest BCUT2D eigenvalue weighted by molar-refractivity contribution is -0.155. The maximum absolute atomic E-state index is 14.9. The van der Waals surface area contributed by atoms with Crippen LogP contribution in [0, 0.1) is 0 Å². The van der Waals surface area contributed by atoms with Gasteiger partial charge in [0.15, 0.2) is 10.8 Å². The van der Waals surface area contributed by atoms with Crippen LogP contribution in [0.2, 0.25) is 4.34 Å². The van der Waals surface area contributed by atoms with Gasteiger partial charge >= 0.3 is 5.97 Å². The molecule has 0 aliphatic carbocycles. The van der Waals surface area contributed by atoms with Gasteiger partial charge in [0, 0.05) is 16.7 Å². The highest BCUT2D eigenvalue weighted by molar-refractivity contribution is 7.20. The van der Waals surface area contributed by atoms with Crippen LogP contribution >= 0.6 is 22.9 Å². The lowest BCUT2D eigenvalue weighted by Gasteiger charge is -2.49. The number of rotatable bonds is 14. The van der Waals surface area contributed by atoms with Gasteiger partial charge in [0.1, 0.15) is 27.3 Å². The van der Waals surface area contributed by atoms with E-state index in [0.29, 0.717) is 18.0 Å². The predicted molar refractivity (Wildman–Crippen MR) is 244 cm³/mol. The second-order valence-corrected chi connectivity index (χ2v) is 16.7. The topological polar surface area (TPSA) is 133 Å². The van der Waals surface area contributed by atoms with Crippen LogP contribution < -0.4 is 10.6 Å². The third kappa shape index (κ3) is 7.55. The number of nitrogens with one attached hydrogen (secondary N) is 2. The second-order valence-electron chi connectivity index (χ2n) is 15.1. The van der Waals surface area contributed by atoms with Crippen LogP contribution in [0.1, 0.15) is 51.9 Å². The van der Waals surface area contributed by atoms with E-state index in [9.17, 15) is 19.5 Å². The Morgan fingerprint density at radius 2 is 1.13 bits per heavy atom. The minimum atomic E-state index is -1.38. The average molecular weight is 870 g/mol. The first kappa shape index (κ1) is 41.0. The highest BCUT2D eigenvalue weighted by atomic mass is 35.5. The molecule has 10 nitrogen and oxygen atoms in total. The number of thiazole rings is 1. The second kappa shape index (κ2) is 17.6. The van der Waals surface area contributed by atoms with Gasteiger partial charge in [0.05, 0.1) is 6.04 Å². The van der Waals surface area contributed by atoms with E-state index >= 15 is 0 Å². The fourth-order valence-corrected chi connectivity index (χ4v) is 9.71. The summed E-state index contributed by atoms with van der Waals surface area (Å²) in [6.07, 6.45) is 2.41. The quantitative estimate of drug-likeness (QED) is 0.0430. The summed E-state index contributed by atoms with van der Waals surface area (Å²) in [7, 11) is 0. The Kier molecular flexibility index (Phi) is 11.4. The van der Waals surface area contributed by atoms with E-state index < -0.39 is 41.0 Å². The number of halogens is 1. The molecule has 6 aromatic carbocycles. The fourth-order valence-electron chi connectivity index (χ4n) is 8.61. The first-order chi connectivity index (χ1) is 30.8. The van der Waals surface area contributed by atoms with Gasteiger partial charge in [-0.3, -0.25) is 14.5 Å². The van der Waals surface area contributed by atoms with Gasteiger partial charge in [-0.2, -0.15) is 0 Å². The molecule has 12 heteroatoms. The summed E-state index contributed by atoms with van der Waals surface area (Å²) in [5, 5.41) is 21.5. The molecule has 63 heavy (non-hydrogen) atoms. The molecule has 0 bridgehead atoms. The first-order valence-electron chi connectivity index (χ1n) is 20.4. The maximum Gasteiger partial charge on any atom is 0.352 e. The highest BCUT2D eigenvalue weighted by Gasteiger charge is 2.52. The number of benzene rings is 6. The largest absolute Gasteiger partial charge is 0.477 e. The summed E-state index contributed by atoms with van der Waals surface area (Å²) in [4.78, 5) is 53.6. The number of aliphatic carboxylic acids is 1. The number of oxime groups is 1. The van der Waals surface area contributed by atoms with Gasteiger partial charge in [-0.25, -0.2) is 9.78 Å². The summed E-state index contributed by atoms with van der Waals surface area (Å²) in [6.45, 7) is 0. The average Bonchev–Trinajstić information content (AvgIpc) is 3.71. The van der Waals surface area contributed by atoms with Crippen molar-refractivity contribution in [2.45, 2.75) is 36.1 Å². The Balaban J connectivity index is 1.19. The van der Waals surface area contributed by atoms with Crippen molar-refractivity contribution in [3.8, 4) is 0 Å². The number of fused-ring (bicyclic) bond motifs is 1. The number of hydrogen-bond donors (Lipinski definition) is 3. The molecule has 2 amide bonds. The summed E-state index contributed by atoms with van der Waals surface area (Å²) >= 11 is 8.31. The Morgan fingerprint density at radius 3 is 1.56 bits per heavy atom. The third-order valence-electron chi connectivity index (χ3n) is 11.5. The molecular formula is C51H40ClN5O5S. The van der Waals surface area contributed by atoms with E-state index in [1.807, 2.05) is 182 Å². The number of amides is 2. The van der Waals surface area contributed by atoms with E-state index in [1.54, 1.807) is 0 Å². The lowest BCUT2D eigenvalue weighted by Crippen LogP contribution is -2.71. The number of carbonyl (C=O) groups is 3. The Bertz CT molecular complexity index is 2620. The van der Waals surface area contributed by atoms with Crippen molar-refractivity contribution >= 4 is 51.6 Å². The van der Waals surface area contributed by atoms with Crippen LogP contribution in [0.5, 0.6) is 0 Å². The molecule has 3 heterocycles. The van der Waals surface area contributed by atoms with Crippen molar-refractivity contribution < 1.29 is 24.3 Å². The van der Waals surface area contributed by atoms with Crippen LogP contribution in [0.15, 0.2) is 199 Å². The molecule has 3 N–H and O–H groups in total. The summed E-state index contributed by atoms with van der Waals surface area (Å²) in [5.74, 6) is -2.53. The molecule has 2 unspecified atom stereocenters. The molecule has 0 radical (unpaired) electrons. The van der Waals surface area contributed by atoms with E-state index in [0.717, 1.165) is 44.7 Å². The zero-order chi connectivity index (χ0) is 43.4. The van der Waals surface area contributed by atoms with E-state index in [4.69, 9.17) is 26.6 Å². The number of aromatic nitrogens is 1. The first-order valence-corrected chi connectivity index (χ1v) is 21.6. The molecule has 2 aliphatic rings. The maximum atomic E-state index is 14.9. The molecular weight excluding hydrogens is 830 g/mol. The van der Waals surface area contributed by atoms with Gasteiger partial charge in [-0.05, 0) is 29.5 Å².